The molecular formula is C11H11NO5. The van der Waals surface area contributed by atoms with Gasteiger partial charge >= 0.3 is 0 Å². The SMILES string of the molecule is COC1Cc2c(O)ccc(O)c2C=C1[N+](=O)[O-]. The molecule has 6 heteroatoms. The molecular weight excluding hydrogens is 226 g/mol. The lowest BCUT2D eigenvalue weighted by Crippen LogP contribution is -2.25. The van der Waals surface area contributed by atoms with Gasteiger partial charge in [0.15, 0.2) is 6.10 Å². The van der Waals surface area contributed by atoms with E-state index in [2.05, 4.69) is 0 Å². The Morgan fingerprint density at radius 1 is 1.41 bits per heavy atom. The van der Waals surface area contributed by atoms with Crippen LogP contribution in [-0.2, 0) is 11.2 Å². The van der Waals surface area contributed by atoms with Gasteiger partial charge in [-0.3, -0.25) is 10.1 Å². The van der Waals surface area contributed by atoms with Crippen molar-refractivity contribution in [2.75, 3.05) is 7.11 Å². The van der Waals surface area contributed by atoms with Gasteiger partial charge in [-0.2, -0.15) is 0 Å². The summed E-state index contributed by atoms with van der Waals surface area (Å²) in [5, 5.41) is 30.1. The molecule has 0 bridgehead atoms. The van der Waals surface area contributed by atoms with Crippen molar-refractivity contribution in [1.29, 1.82) is 0 Å². The fourth-order valence-corrected chi connectivity index (χ4v) is 1.92. The highest BCUT2D eigenvalue weighted by atomic mass is 16.6. The first-order chi connectivity index (χ1) is 8.04. The molecule has 0 spiro atoms. The number of nitrogens with zero attached hydrogens (tertiary/aromatic N) is 1. The Morgan fingerprint density at radius 2 is 2.06 bits per heavy atom. The fraction of sp³-hybridized carbons (Fsp3) is 0.273. The Balaban J connectivity index is 2.60. The Labute approximate surface area is 96.9 Å². The number of fused-ring (bicyclic) bond motifs is 1. The van der Waals surface area contributed by atoms with E-state index in [0.717, 1.165) is 0 Å². The number of nitro groups is 1. The van der Waals surface area contributed by atoms with Crippen molar-refractivity contribution >= 4 is 6.08 Å². The summed E-state index contributed by atoms with van der Waals surface area (Å²) in [5.74, 6) is -0.0924. The van der Waals surface area contributed by atoms with Gasteiger partial charge in [0, 0.05) is 30.7 Å². The summed E-state index contributed by atoms with van der Waals surface area (Å²) in [6.07, 6.45) is 0.686. The average Bonchev–Trinajstić information content (AvgIpc) is 2.32. The van der Waals surface area contributed by atoms with Crippen molar-refractivity contribution in [3.63, 3.8) is 0 Å². The molecule has 1 aliphatic carbocycles. The third-order valence-corrected chi connectivity index (χ3v) is 2.82. The zero-order valence-electron chi connectivity index (χ0n) is 9.08. The number of aromatic hydroxyl groups is 2. The summed E-state index contributed by atoms with van der Waals surface area (Å²) in [6.45, 7) is 0. The molecule has 0 fully saturated rings. The molecule has 17 heavy (non-hydrogen) atoms. The summed E-state index contributed by atoms with van der Waals surface area (Å²) in [4.78, 5) is 10.3. The van der Waals surface area contributed by atoms with Crippen molar-refractivity contribution < 1.29 is 19.9 Å². The normalized spacial score (nSPS) is 18.4. The summed E-state index contributed by atoms with van der Waals surface area (Å²) in [7, 11) is 1.37. The van der Waals surface area contributed by atoms with Crippen LogP contribution in [-0.4, -0.2) is 28.4 Å². The quantitative estimate of drug-likeness (QED) is 0.459. The van der Waals surface area contributed by atoms with Crippen LogP contribution in [0.5, 0.6) is 11.5 Å². The van der Waals surface area contributed by atoms with Crippen LogP contribution in [0.25, 0.3) is 6.08 Å². The van der Waals surface area contributed by atoms with Crippen molar-refractivity contribution in [1.82, 2.24) is 0 Å². The lowest BCUT2D eigenvalue weighted by Gasteiger charge is -2.20. The highest BCUT2D eigenvalue weighted by Crippen LogP contribution is 2.36. The molecule has 1 aliphatic rings. The number of phenolic OH excluding ortho intramolecular Hbond substituents is 2. The van der Waals surface area contributed by atoms with Crippen molar-refractivity contribution in [3.8, 4) is 11.5 Å². The van der Waals surface area contributed by atoms with E-state index in [1.165, 1.54) is 25.3 Å². The highest BCUT2D eigenvalue weighted by molar-refractivity contribution is 5.68. The number of ether oxygens (including phenoxy) is 1. The van der Waals surface area contributed by atoms with Crippen LogP contribution < -0.4 is 0 Å². The average molecular weight is 237 g/mol. The molecule has 6 nitrogen and oxygen atoms in total. The predicted molar refractivity (Wildman–Crippen MR) is 59.2 cm³/mol. The largest absolute Gasteiger partial charge is 0.508 e. The number of rotatable bonds is 2. The Morgan fingerprint density at radius 3 is 2.65 bits per heavy atom. The summed E-state index contributed by atoms with van der Waals surface area (Å²) in [5.41, 5.74) is 0.619. The van der Waals surface area contributed by atoms with Crippen LogP contribution in [0.2, 0.25) is 0 Å². The molecule has 0 saturated heterocycles. The first-order valence-electron chi connectivity index (χ1n) is 4.97. The first kappa shape index (κ1) is 11.4. The van der Waals surface area contributed by atoms with Gasteiger partial charge in [0.25, 0.3) is 5.70 Å². The van der Waals surface area contributed by atoms with E-state index in [1.54, 1.807) is 0 Å². The Hall–Kier alpha value is -2.08. The second-order valence-corrected chi connectivity index (χ2v) is 3.75. The number of phenols is 2. The molecule has 0 saturated carbocycles. The van der Waals surface area contributed by atoms with E-state index in [0.29, 0.717) is 5.56 Å². The molecule has 1 unspecified atom stereocenters. The van der Waals surface area contributed by atoms with E-state index >= 15 is 0 Å². The third-order valence-electron chi connectivity index (χ3n) is 2.82. The maximum absolute atomic E-state index is 10.8. The molecule has 1 aromatic rings. The maximum atomic E-state index is 10.8. The van der Waals surface area contributed by atoms with Gasteiger partial charge in [0.1, 0.15) is 11.5 Å². The molecule has 0 amide bonds. The van der Waals surface area contributed by atoms with Gasteiger partial charge in [-0.25, -0.2) is 0 Å². The highest BCUT2D eigenvalue weighted by Gasteiger charge is 2.32. The summed E-state index contributed by atoms with van der Waals surface area (Å²) < 4.78 is 5.01. The van der Waals surface area contributed by atoms with Gasteiger partial charge in [-0.15, -0.1) is 0 Å². The Kier molecular flexibility index (Phi) is 2.72. The lowest BCUT2D eigenvalue weighted by atomic mass is 9.92. The van der Waals surface area contributed by atoms with Crippen molar-refractivity contribution in [3.05, 3.63) is 39.1 Å². The molecule has 0 heterocycles. The third kappa shape index (κ3) is 1.83. The van der Waals surface area contributed by atoms with Gasteiger partial charge in [-0.05, 0) is 12.1 Å². The van der Waals surface area contributed by atoms with Crippen LogP contribution in [0.4, 0.5) is 0 Å². The zero-order chi connectivity index (χ0) is 12.6. The first-order valence-corrected chi connectivity index (χ1v) is 4.97. The van der Waals surface area contributed by atoms with E-state index in [4.69, 9.17) is 4.74 Å². The van der Waals surface area contributed by atoms with Crippen molar-refractivity contribution in [2.45, 2.75) is 12.5 Å². The van der Waals surface area contributed by atoms with Gasteiger partial charge in [0.2, 0.25) is 0 Å². The monoisotopic (exact) mass is 237 g/mol. The number of methoxy groups -OCH3 is 1. The van der Waals surface area contributed by atoms with Crippen LogP contribution in [0.1, 0.15) is 11.1 Å². The molecule has 2 N–H and O–H groups in total. The van der Waals surface area contributed by atoms with E-state index in [-0.39, 0.29) is 29.2 Å². The maximum Gasteiger partial charge on any atom is 0.275 e. The van der Waals surface area contributed by atoms with Crippen LogP contribution >= 0.6 is 0 Å². The second kappa shape index (κ2) is 4.06. The minimum Gasteiger partial charge on any atom is -0.508 e. The van der Waals surface area contributed by atoms with E-state index in [1.807, 2.05) is 0 Å². The standard InChI is InChI=1S/C11H11NO5/c1-17-11-5-7-6(4-8(11)12(15)16)9(13)2-3-10(7)14/h2-4,11,13-14H,5H2,1H3. The molecule has 1 atom stereocenters. The minimum absolute atomic E-state index is 0.00139. The number of hydrogen-bond acceptors (Lipinski definition) is 5. The van der Waals surface area contributed by atoms with Crippen molar-refractivity contribution in [2.24, 2.45) is 0 Å². The molecule has 0 aromatic heterocycles. The van der Waals surface area contributed by atoms with E-state index in [9.17, 15) is 20.3 Å². The predicted octanol–water partition coefficient (Wildman–Crippen LogP) is 1.29. The minimum atomic E-state index is -0.717. The van der Waals surface area contributed by atoms with Crippen LogP contribution in [0.15, 0.2) is 17.8 Å². The smallest absolute Gasteiger partial charge is 0.275 e. The zero-order valence-corrected chi connectivity index (χ0v) is 9.08. The van der Waals surface area contributed by atoms with Crippen LogP contribution in [0, 0.1) is 10.1 Å². The van der Waals surface area contributed by atoms with Crippen LogP contribution in [0.3, 0.4) is 0 Å². The fourth-order valence-electron chi connectivity index (χ4n) is 1.92. The van der Waals surface area contributed by atoms with Gasteiger partial charge < -0.3 is 14.9 Å². The number of benzene rings is 1. The van der Waals surface area contributed by atoms with Gasteiger partial charge in [-0.1, -0.05) is 0 Å². The molecule has 0 aliphatic heterocycles. The molecule has 90 valence electrons. The summed E-state index contributed by atoms with van der Waals surface area (Å²) in [6, 6.07) is 2.65. The summed E-state index contributed by atoms with van der Waals surface area (Å²) >= 11 is 0. The molecule has 0 radical (unpaired) electrons. The Bertz CT molecular complexity index is 509. The molecule has 1 aromatic carbocycles. The van der Waals surface area contributed by atoms with Gasteiger partial charge in [0.05, 0.1) is 4.92 Å². The topological polar surface area (TPSA) is 92.8 Å². The van der Waals surface area contributed by atoms with E-state index < -0.39 is 11.0 Å². The number of hydrogen-bond donors (Lipinski definition) is 2. The lowest BCUT2D eigenvalue weighted by molar-refractivity contribution is -0.435. The molecule has 2 rings (SSSR count). The second-order valence-electron chi connectivity index (χ2n) is 3.75.